The third kappa shape index (κ3) is 4.16. The molecule has 0 bridgehead atoms. The maximum Gasteiger partial charge on any atom is 0.419 e. The minimum atomic E-state index is -3.78. The van der Waals surface area contributed by atoms with E-state index in [0.29, 0.717) is 10.5 Å². The van der Waals surface area contributed by atoms with Crippen LogP contribution in [0.3, 0.4) is 0 Å². The monoisotopic (exact) mass is 461 g/mol. The third-order valence-electron chi connectivity index (χ3n) is 5.26. The lowest BCUT2D eigenvalue weighted by Gasteiger charge is -2.33. The molecule has 2 heterocycles. The summed E-state index contributed by atoms with van der Waals surface area (Å²) in [6.07, 6.45) is 3.09. The molecule has 0 N–H and O–H groups in total. The summed E-state index contributed by atoms with van der Waals surface area (Å²) < 4.78 is 33.8. The molecule has 1 aromatic heterocycles. The number of aromatic nitrogens is 1. The highest BCUT2D eigenvalue weighted by Gasteiger charge is 2.30. The molecule has 0 radical (unpaired) electrons. The Morgan fingerprint density at radius 3 is 2.52 bits per heavy atom. The van der Waals surface area contributed by atoms with Crippen molar-refractivity contribution in [3.8, 4) is 0 Å². The summed E-state index contributed by atoms with van der Waals surface area (Å²) in [5, 5.41) is 0.550. The largest absolute Gasteiger partial charge is 0.419 e. The second-order valence-corrected chi connectivity index (χ2v) is 9.49. The fourth-order valence-corrected chi connectivity index (χ4v) is 5.09. The van der Waals surface area contributed by atoms with E-state index in [2.05, 4.69) is 0 Å². The van der Waals surface area contributed by atoms with Crippen molar-refractivity contribution in [3.05, 3.63) is 69.7 Å². The van der Waals surface area contributed by atoms with Crippen LogP contribution in [0.2, 0.25) is 5.02 Å². The van der Waals surface area contributed by atoms with Gasteiger partial charge in [0.1, 0.15) is 0 Å². The first-order valence-electron chi connectivity index (χ1n) is 9.58. The van der Waals surface area contributed by atoms with Crippen molar-refractivity contribution >= 4 is 44.7 Å². The fraction of sp³-hybridized carbons (Fsp3) is 0.238. The molecule has 10 heteroatoms. The van der Waals surface area contributed by atoms with E-state index in [4.69, 9.17) is 16.0 Å². The second kappa shape index (κ2) is 8.33. The molecule has 4 rings (SSSR count). The zero-order chi connectivity index (χ0) is 22.2. The number of carbonyl (C=O) groups is 1. The van der Waals surface area contributed by atoms with E-state index >= 15 is 0 Å². The molecule has 1 saturated heterocycles. The molecule has 0 spiro atoms. The first kappa shape index (κ1) is 21.4. The predicted molar refractivity (Wildman–Crippen MR) is 117 cm³/mol. The molecule has 31 heavy (non-hydrogen) atoms. The lowest BCUT2D eigenvalue weighted by atomic mass is 10.2. The Hall–Kier alpha value is -2.88. The molecule has 0 unspecified atom stereocenters. The van der Waals surface area contributed by atoms with Gasteiger partial charge in [0.05, 0.1) is 10.4 Å². The lowest BCUT2D eigenvalue weighted by Crippen LogP contribution is -2.50. The topological polar surface area (TPSA) is 92.8 Å². The van der Waals surface area contributed by atoms with Crippen LogP contribution in [0.25, 0.3) is 17.2 Å². The number of aryl methyl sites for hydroxylation is 1. The number of rotatable bonds is 4. The van der Waals surface area contributed by atoms with Gasteiger partial charge in [-0.25, -0.2) is 13.2 Å². The average molecular weight is 462 g/mol. The van der Waals surface area contributed by atoms with Crippen LogP contribution in [-0.2, 0) is 21.9 Å². The quantitative estimate of drug-likeness (QED) is 0.556. The summed E-state index contributed by atoms with van der Waals surface area (Å²) in [5.74, 6) is -0.758. The fourth-order valence-electron chi connectivity index (χ4n) is 3.45. The van der Waals surface area contributed by atoms with E-state index in [1.165, 1.54) is 27.1 Å². The summed E-state index contributed by atoms with van der Waals surface area (Å²) in [6.45, 7) is 0.886. The number of benzene rings is 2. The molecule has 3 aromatic rings. The zero-order valence-corrected chi connectivity index (χ0v) is 18.3. The first-order chi connectivity index (χ1) is 14.8. The number of hydrogen-bond acceptors (Lipinski definition) is 5. The van der Waals surface area contributed by atoms with Crippen molar-refractivity contribution in [2.75, 3.05) is 26.2 Å². The van der Waals surface area contributed by atoms with Gasteiger partial charge in [0.2, 0.25) is 15.9 Å². The molecule has 1 amide bonds. The number of nitrogens with zero attached hydrogens (tertiary/aromatic N) is 3. The summed E-state index contributed by atoms with van der Waals surface area (Å²) in [6, 6.07) is 11.6. The molecule has 0 atom stereocenters. The Morgan fingerprint density at radius 1 is 1.10 bits per heavy atom. The Bertz CT molecular complexity index is 1330. The minimum absolute atomic E-state index is 0.0488. The van der Waals surface area contributed by atoms with Gasteiger partial charge in [0.25, 0.3) is 0 Å². The number of carbonyl (C=O) groups excluding carboxylic acids is 1. The van der Waals surface area contributed by atoms with Crippen LogP contribution in [0, 0.1) is 0 Å². The number of oxazole rings is 1. The van der Waals surface area contributed by atoms with Crippen molar-refractivity contribution < 1.29 is 17.6 Å². The van der Waals surface area contributed by atoms with Gasteiger partial charge >= 0.3 is 5.76 Å². The van der Waals surface area contributed by atoms with Crippen molar-refractivity contribution in [1.29, 1.82) is 0 Å². The van der Waals surface area contributed by atoms with Crippen LogP contribution in [-0.4, -0.2) is 54.3 Å². The number of halogens is 1. The summed E-state index contributed by atoms with van der Waals surface area (Å²) >= 11 is 6.09. The van der Waals surface area contributed by atoms with Crippen LogP contribution in [0.4, 0.5) is 0 Å². The van der Waals surface area contributed by atoms with Gasteiger partial charge in [-0.1, -0.05) is 29.8 Å². The molecule has 1 aliphatic heterocycles. The molecule has 2 aromatic carbocycles. The third-order valence-corrected chi connectivity index (χ3v) is 7.50. The minimum Gasteiger partial charge on any atom is -0.408 e. The van der Waals surface area contributed by atoms with Gasteiger partial charge in [-0.2, -0.15) is 4.31 Å². The number of piperazine rings is 1. The average Bonchev–Trinajstić information content (AvgIpc) is 3.06. The molecule has 0 aliphatic carbocycles. The first-order valence-corrected chi connectivity index (χ1v) is 11.4. The lowest BCUT2D eigenvalue weighted by molar-refractivity contribution is -0.127. The molecule has 1 fully saturated rings. The van der Waals surface area contributed by atoms with Gasteiger partial charge in [-0.3, -0.25) is 9.36 Å². The van der Waals surface area contributed by atoms with Crippen LogP contribution in [0.15, 0.2) is 62.6 Å². The van der Waals surface area contributed by atoms with Gasteiger partial charge in [-0.15, -0.1) is 0 Å². The molecular weight excluding hydrogens is 442 g/mol. The SMILES string of the molecule is Cn1c(=O)oc2cc(S(=O)(=O)N3CCN(C(=O)C=Cc4ccccc4Cl)CC3)ccc21. The Balaban J connectivity index is 1.44. The standard InChI is InChI=1S/C21H20ClN3O5S/c1-23-18-8-7-16(14-19(18)30-21(23)27)31(28,29)25-12-10-24(11-13-25)20(26)9-6-15-4-2-3-5-17(15)22/h2-9,14H,10-13H2,1H3. The van der Waals surface area contributed by atoms with Gasteiger partial charge in [-0.05, 0) is 29.8 Å². The highest BCUT2D eigenvalue weighted by molar-refractivity contribution is 7.89. The Morgan fingerprint density at radius 2 is 1.81 bits per heavy atom. The molecule has 162 valence electrons. The van der Waals surface area contributed by atoms with Gasteiger partial charge < -0.3 is 9.32 Å². The summed E-state index contributed by atoms with van der Waals surface area (Å²) in [4.78, 5) is 25.8. The predicted octanol–water partition coefficient (Wildman–Crippen LogP) is 2.33. The van der Waals surface area contributed by atoms with Crippen molar-refractivity contribution in [3.63, 3.8) is 0 Å². The van der Waals surface area contributed by atoms with Crippen molar-refractivity contribution in [1.82, 2.24) is 13.8 Å². The number of fused-ring (bicyclic) bond motifs is 1. The van der Waals surface area contributed by atoms with E-state index in [0.717, 1.165) is 5.56 Å². The molecule has 0 saturated carbocycles. The summed E-state index contributed by atoms with van der Waals surface area (Å²) in [7, 11) is -2.22. The van der Waals surface area contributed by atoms with Crippen LogP contribution < -0.4 is 5.76 Å². The van der Waals surface area contributed by atoms with E-state index < -0.39 is 15.8 Å². The van der Waals surface area contributed by atoms with Crippen molar-refractivity contribution in [2.45, 2.75) is 4.90 Å². The van der Waals surface area contributed by atoms with Crippen molar-refractivity contribution in [2.24, 2.45) is 7.05 Å². The molecule has 1 aliphatic rings. The highest BCUT2D eigenvalue weighted by atomic mass is 35.5. The van der Waals surface area contributed by atoms with Crippen LogP contribution in [0.1, 0.15) is 5.56 Å². The van der Waals surface area contributed by atoms with E-state index in [-0.39, 0.29) is 42.6 Å². The second-order valence-electron chi connectivity index (χ2n) is 7.14. The van der Waals surface area contributed by atoms with E-state index in [1.807, 2.05) is 18.2 Å². The maximum atomic E-state index is 13.0. The van der Waals surface area contributed by atoms with Gasteiger partial charge in [0.15, 0.2) is 5.58 Å². The smallest absolute Gasteiger partial charge is 0.408 e. The Kier molecular flexibility index (Phi) is 5.74. The van der Waals surface area contributed by atoms with E-state index in [9.17, 15) is 18.0 Å². The molecule has 8 nitrogen and oxygen atoms in total. The highest BCUT2D eigenvalue weighted by Crippen LogP contribution is 2.22. The van der Waals surface area contributed by atoms with Crippen LogP contribution in [0.5, 0.6) is 0 Å². The zero-order valence-electron chi connectivity index (χ0n) is 16.7. The normalized spacial score (nSPS) is 15.7. The van der Waals surface area contributed by atoms with Crippen LogP contribution >= 0.6 is 11.6 Å². The van der Waals surface area contributed by atoms with Gasteiger partial charge in [0, 0.05) is 50.4 Å². The summed E-state index contributed by atoms with van der Waals surface area (Å²) in [5.41, 5.74) is 1.47. The number of amides is 1. The maximum absolute atomic E-state index is 13.0. The number of hydrogen-bond donors (Lipinski definition) is 0. The number of sulfonamides is 1. The van der Waals surface area contributed by atoms with E-state index in [1.54, 1.807) is 30.2 Å². The Labute approximate surface area is 184 Å². The molecular formula is C21H20ClN3O5S.